The number of likely N-dealkylation sites (tertiary alicyclic amines) is 1. The summed E-state index contributed by atoms with van der Waals surface area (Å²) in [6, 6.07) is 0.378. The van der Waals surface area contributed by atoms with Gasteiger partial charge in [-0.15, -0.1) is 0 Å². The number of piperidine rings is 1. The van der Waals surface area contributed by atoms with Crippen LogP contribution in [0.5, 0.6) is 0 Å². The molecule has 0 spiro atoms. The fraction of sp³-hybridized carbons (Fsp3) is 0.733. The summed E-state index contributed by atoms with van der Waals surface area (Å²) in [6.07, 6.45) is 3.50. The van der Waals surface area contributed by atoms with Crippen LogP contribution in [0.3, 0.4) is 0 Å². The summed E-state index contributed by atoms with van der Waals surface area (Å²) in [7, 11) is 1.96. The number of aromatic nitrogens is 2. The number of aliphatic carboxylic acids is 1. The van der Waals surface area contributed by atoms with Gasteiger partial charge in [-0.3, -0.25) is 14.4 Å². The van der Waals surface area contributed by atoms with Gasteiger partial charge in [0.1, 0.15) is 0 Å². The summed E-state index contributed by atoms with van der Waals surface area (Å²) in [4.78, 5) is 13.4. The highest BCUT2D eigenvalue weighted by Crippen LogP contribution is 2.32. The molecule has 1 aromatic heterocycles. The molecular weight excluding hydrogens is 254 g/mol. The van der Waals surface area contributed by atoms with E-state index in [0.717, 1.165) is 31.5 Å². The topological polar surface area (TPSA) is 58.4 Å². The first-order valence-electron chi connectivity index (χ1n) is 7.39. The molecule has 1 aliphatic rings. The second kappa shape index (κ2) is 5.95. The summed E-state index contributed by atoms with van der Waals surface area (Å²) >= 11 is 0. The highest BCUT2D eigenvalue weighted by atomic mass is 16.4. The van der Waals surface area contributed by atoms with E-state index in [4.69, 9.17) is 5.11 Å². The van der Waals surface area contributed by atoms with Gasteiger partial charge in [0.15, 0.2) is 0 Å². The SMILES string of the molecule is Cc1nn(C)c(C)c1C(C)N1CCCCC1CC(=O)O. The number of rotatable bonds is 4. The van der Waals surface area contributed by atoms with Crippen LogP contribution in [0.1, 0.15) is 55.6 Å². The van der Waals surface area contributed by atoms with Crippen molar-refractivity contribution in [1.29, 1.82) is 0 Å². The Kier molecular flexibility index (Phi) is 4.48. The first-order valence-corrected chi connectivity index (χ1v) is 7.39. The standard InChI is InChI=1S/C15H25N3O2/c1-10-15(11(2)17(4)16-10)12(3)18-8-6-5-7-13(18)9-14(19)20/h12-13H,5-9H2,1-4H3,(H,19,20). The van der Waals surface area contributed by atoms with Gasteiger partial charge in [0.2, 0.25) is 0 Å². The van der Waals surface area contributed by atoms with Gasteiger partial charge in [0.25, 0.3) is 0 Å². The van der Waals surface area contributed by atoms with Crippen molar-refractivity contribution in [2.45, 2.75) is 58.5 Å². The van der Waals surface area contributed by atoms with Gasteiger partial charge in [-0.05, 0) is 40.2 Å². The number of aryl methyl sites for hydroxylation is 2. The maximum atomic E-state index is 11.1. The Bertz CT molecular complexity index is 496. The average Bonchev–Trinajstić information content (AvgIpc) is 2.62. The Hall–Kier alpha value is -1.36. The molecule has 2 atom stereocenters. The lowest BCUT2D eigenvalue weighted by Crippen LogP contribution is -2.42. The molecule has 2 unspecified atom stereocenters. The second-order valence-corrected chi connectivity index (χ2v) is 5.87. The maximum absolute atomic E-state index is 11.1. The second-order valence-electron chi connectivity index (χ2n) is 5.87. The average molecular weight is 279 g/mol. The summed E-state index contributed by atoms with van der Waals surface area (Å²) in [6.45, 7) is 7.28. The summed E-state index contributed by atoms with van der Waals surface area (Å²) < 4.78 is 1.91. The van der Waals surface area contributed by atoms with E-state index in [-0.39, 0.29) is 18.5 Å². The molecule has 1 aromatic rings. The molecule has 0 amide bonds. The van der Waals surface area contributed by atoms with E-state index in [0.29, 0.717) is 0 Å². The van der Waals surface area contributed by atoms with Crippen molar-refractivity contribution < 1.29 is 9.90 Å². The van der Waals surface area contributed by atoms with Crippen molar-refractivity contribution in [1.82, 2.24) is 14.7 Å². The molecule has 1 aliphatic heterocycles. The number of carboxylic acids is 1. The third-order valence-electron chi connectivity index (χ3n) is 4.56. The number of hydrogen-bond donors (Lipinski definition) is 1. The van der Waals surface area contributed by atoms with E-state index in [1.54, 1.807) is 0 Å². The predicted molar refractivity (Wildman–Crippen MR) is 77.7 cm³/mol. The first kappa shape index (κ1) is 15.0. The van der Waals surface area contributed by atoms with Gasteiger partial charge in [0.05, 0.1) is 12.1 Å². The Morgan fingerprint density at radius 2 is 2.15 bits per heavy atom. The number of nitrogens with zero attached hydrogens (tertiary/aromatic N) is 3. The molecule has 0 aromatic carbocycles. The molecule has 2 rings (SSSR count). The highest BCUT2D eigenvalue weighted by molar-refractivity contribution is 5.67. The molecule has 0 radical (unpaired) electrons. The Balaban J connectivity index is 2.25. The smallest absolute Gasteiger partial charge is 0.304 e. The molecule has 112 valence electrons. The van der Waals surface area contributed by atoms with E-state index in [9.17, 15) is 4.79 Å². The van der Waals surface area contributed by atoms with Crippen molar-refractivity contribution in [3.8, 4) is 0 Å². The first-order chi connectivity index (χ1) is 9.41. The van der Waals surface area contributed by atoms with Crippen LogP contribution in [-0.2, 0) is 11.8 Å². The van der Waals surface area contributed by atoms with E-state index in [2.05, 4.69) is 23.8 Å². The zero-order valence-electron chi connectivity index (χ0n) is 12.9. The number of carboxylic acid groups (broad SMARTS) is 1. The lowest BCUT2D eigenvalue weighted by atomic mass is 9.94. The lowest BCUT2D eigenvalue weighted by molar-refractivity contribution is -0.139. The lowest BCUT2D eigenvalue weighted by Gasteiger charge is -2.39. The van der Waals surface area contributed by atoms with Crippen LogP contribution in [-0.4, -0.2) is 38.3 Å². The fourth-order valence-electron chi connectivity index (χ4n) is 3.51. The third kappa shape index (κ3) is 2.87. The molecular formula is C15H25N3O2. The van der Waals surface area contributed by atoms with Crippen LogP contribution in [0, 0.1) is 13.8 Å². The van der Waals surface area contributed by atoms with Gasteiger partial charge in [-0.1, -0.05) is 6.42 Å². The van der Waals surface area contributed by atoms with Gasteiger partial charge >= 0.3 is 5.97 Å². The molecule has 1 fully saturated rings. The van der Waals surface area contributed by atoms with Crippen molar-refractivity contribution >= 4 is 5.97 Å². The third-order valence-corrected chi connectivity index (χ3v) is 4.56. The van der Waals surface area contributed by atoms with Crippen molar-refractivity contribution in [2.75, 3.05) is 6.54 Å². The van der Waals surface area contributed by atoms with Crippen molar-refractivity contribution in [2.24, 2.45) is 7.05 Å². The highest BCUT2D eigenvalue weighted by Gasteiger charge is 2.31. The molecule has 2 heterocycles. The molecule has 1 saturated heterocycles. The monoisotopic (exact) mass is 279 g/mol. The summed E-state index contributed by atoms with van der Waals surface area (Å²) in [5, 5.41) is 13.6. The van der Waals surface area contributed by atoms with Gasteiger partial charge < -0.3 is 5.11 Å². The maximum Gasteiger partial charge on any atom is 0.304 e. The minimum Gasteiger partial charge on any atom is -0.481 e. The van der Waals surface area contributed by atoms with Crippen LogP contribution >= 0.6 is 0 Å². The minimum atomic E-state index is -0.700. The normalized spacial score (nSPS) is 21.9. The van der Waals surface area contributed by atoms with Crippen LogP contribution in [0.4, 0.5) is 0 Å². The molecule has 0 bridgehead atoms. The van der Waals surface area contributed by atoms with Crippen LogP contribution < -0.4 is 0 Å². The van der Waals surface area contributed by atoms with Gasteiger partial charge in [0, 0.05) is 30.4 Å². The van der Waals surface area contributed by atoms with Crippen LogP contribution in [0.25, 0.3) is 0 Å². The fourth-order valence-corrected chi connectivity index (χ4v) is 3.51. The Morgan fingerprint density at radius 1 is 1.45 bits per heavy atom. The molecule has 0 saturated carbocycles. The van der Waals surface area contributed by atoms with Crippen LogP contribution in [0.2, 0.25) is 0 Å². The molecule has 1 N–H and O–H groups in total. The summed E-state index contributed by atoms with van der Waals surface area (Å²) in [5.41, 5.74) is 3.48. The van der Waals surface area contributed by atoms with E-state index in [1.165, 1.54) is 11.3 Å². The van der Waals surface area contributed by atoms with E-state index < -0.39 is 5.97 Å². The van der Waals surface area contributed by atoms with Gasteiger partial charge in [-0.2, -0.15) is 5.10 Å². The predicted octanol–water partition coefficient (Wildman–Crippen LogP) is 2.43. The van der Waals surface area contributed by atoms with E-state index >= 15 is 0 Å². The zero-order valence-corrected chi connectivity index (χ0v) is 12.9. The number of carbonyl (C=O) groups is 1. The molecule has 0 aliphatic carbocycles. The quantitative estimate of drug-likeness (QED) is 0.919. The number of hydrogen-bond acceptors (Lipinski definition) is 3. The Labute approximate surface area is 120 Å². The van der Waals surface area contributed by atoms with Gasteiger partial charge in [-0.25, -0.2) is 0 Å². The van der Waals surface area contributed by atoms with Crippen LogP contribution in [0.15, 0.2) is 0 Å². The molecule has 5 heteroatoms. The Morgan fingerprint density at radius 3 is 2.70 bits per heavy atom. The zero-order chi connectivity index (χ0) is 14.9. The van der Waals surface area contributed by atoms with Crippen molar-refractivity contribution in [3.05, 3.63) is 17.0 Å². The largest absolute Gasteiger partial charge is 0.481 e. The summed E-state index contributed by atoms with van der Waals surface area (Å²) in [5.74, 6) is -0.700. The molecule has 20 heavy (non-hydrogen) atoms. The molecule has 5 nitrogen and oxygen atoms in total. The van der Waals surface area contributed by atoms with E-state index in [1.807, 2.05) is 18.7 Å². The van der Waals surface area contributed by atoms with Crippen molar-refractivity contribution in [3.63, 3.8) is 0 Å². The minimum absolute atomic E-state index is 0.148.